The van der Waals surface area contributed by atoms with E-state index >= 15 is 0 Å². The number of rotatable bonds is 2. The molecule has 0 bridgehead atoms. The Hall–Kier alpha value is -2.73. The molecule has 0 radical (unpaired) electrons. The summed E-state index contributed by atoms with van der Waals surface area (Å²) in [7, 11) is 0. The van der Waals surface area contributed by atoms with Crippen LogP contribution in [-0.2, 0) is 0 Å². The van der Waals surface area contributed by atoms with Crippen LogP contribution in [-0.4, -0.2) is 16.2 Å². The number of aromatic nitrogens is 2. The van der Waals surface area contributed by atoms with E-state index in [4.69, 9.17) is 25.8 Å². The lowest BCUT2D eigenvalue weighted by molar-refractivity contribution is 0.174. The number of benzene rings is 1. The third-order valence-electron chi connectivity index (χ3n) is 3.17. The van der Waals surface area contributed by atoms with Crippen molar-refractivity contribution in [2.24, 2.45) is 0 Å². The summed E-state index contributed by atoms with van der Waals surface area (Å²) in [5.74, 6) is 1.97. The zero-order valence-electron chi connectivity index (χ0n) is 11.2. The van der Waals surface area contributed by atoms with Gasteiger partial charge >= 0.3 is 0 Å². The Labute approximate surface area is 129 Å². The van der Waals surface area contributed by atoms with Gasteiger partial charge in [-0.3, -0.25) is 9.20 Å². The van der Waals surface area contributed by atoms with Crippen molar-refractivity contribution in [3.05, 3.63) is 58.0 Å². The van der Waals surface area contributed by atoms with Gasteiger partial charge in [0.15, 0.2) is 11.5 Å². The highest BCUT2D eigenvalue weighted by atomic mass is 35.5. The van der Waals surface area contributed by atoms with Crippen molar-refractivity contribution in [1.82, 2.24) is 9.38 Å². The molecular formula is C15H9ClN2O4. The van der Waals surface area contributed by atoms with Gasteiger partial charge in [0.1, 0.15) is 11.4 Å². The van der Waals surface area contributed by atoms with Crippen LogP contribution in [0.4, 0.5) is 0 Å². The van der Waals surface area contributed by atoms with Crippen LogP contribution in [0.5, 0.6) is 23.1 Å². The molecule has 110 valence electrons. The van der Waals surface area contributed by atoms with Gasteiger partial charge in [0.25, 0.3) is 5.56 Å². The first-order valence-electron chi connectivity index (χ1n) is 6.45. The van der Waals surface area contributed by atoms with E-state index in [9.17, 15) is 4.79 Å². The van der Waals surface area contributed by atoms with Gasteiger partial charge in [-0.1, -0.05) is 11.6 Å². The average molecular weight is 317 g/mol. The molecule has 6 nitrogen and oxygen atoms in total. The summed E-state index contributed by atoms with van der Waals surface area (Å²) in [4.78, 5) is 16.3. The van der Waals surface area contributed by atoms with Crippen LogP contribution >= 0.6 is 11.6 Å². The summed E-state index contributed by atoms with van der Waals surface area (Å²) in [5.41, 5.74) is 0.177. The van der Waals surface area contributed by atoms with Gasteiger partial charge in [0, 0.05) is 12.3 Å². The Morgan fingerprint density at radius 2 is 2.00 bits per heavy atom. The first-order chi connectivity index (χ1) is 10.7. The molecule has 0 atom stereocenters. The predicted octanol–water partition coefficient (Wildman–Crippen LogP) is 2.87. The lowest BCUT2D eigenvalue weighted by Gasteiger charge is -2.07. The van der Waals surface area contributed by atoms with E-state index in [0.717, 1.165) is 0 Å². The SMILES string of the molecule is O=c1cc(Oc2ccc3c(c2)OCO3)nc2ccc(Cl)cn12. The van der Waals surface area contributed by atoms with Gasteiger partial charge in [0.2, 0.25) is 12.7 Å². The monoisotopic (exact) mass is 316 g/mol. The highest BCUT2D eigenvalue weighted by Crippen LogP contribution is 2.36. The third-order valence-corrected chi connectivity index (χ3v) is 3.39. The van der Waals surface area contributed by atoms with E-state index in [1.807, 2.05) is 0 Å². The fraction of sp³-hybridized carbons (Fsp3) is 0.0667. The van der Waals surface area contributed by atoms with E-state index in [1.165, 1.54) is 16.7 Å². The molecule has 1 aromatic carbocycles. The molecule has 0 saturated carbocycles. The maximum Gasteiger partial charge on any atom is 0.261 e. The number of hydrogen-bond donors (Lipinski definition) is 0. The van der Waals surface area contributed by atoms with Crippen molar-refractivity contribution in [3.8, 4) is 23.1 Å². The molecule has 22 heavy (non-hydrogen) atoms. The van der Waals surface area contributed by atoms with Crippen LogP contribution in [0.15, 0.2) is 47.4 Å². The van der Waals surface area contributed by atoms with E-state index in [0.29, 0.717) is 27.9 Å². The zero-order valence-corrected chi connectivity index (χ0v) is 11.9. The maximum absolute atomic E-state index is 12.1. The average Bonchev–Trinajstić information content (AvgIpc) is 2.96. The van der Waals surface area contributed by atoms with E-state index < -0.39 is 0 Å². The van der Waals surface area contributed by atoms with E-state index in [2.05, 4.69) is 4.98 Å². The van der Waals surface area contributed by atoms with Crippen molar-refractivity contribution < 1.29 is 14.2 Å². The zero-order chi connectivity index (χ0) is 15.1. The van der Waals surface area contributed by atoms with Crippen LogP contribution in [0.2, 0.25) is 5.02 Å². The first kappa shape index (κ1) is 13.0. The summed E-state index contributed by atoms with van der Waals surface area (Å²) in [5, 5.41) is 0.459. The maximum atomic E-state index is 12.1. The van der Waals surface area contributed by atoms with Crippen LogP contribution in [0.1, 0.15) is 0 Å². The Kier molecular flexibility index (Phi) is 2.90. The van der Waals surface area contributed by atoms with Crippen LogP contribution in [0.25, 0.3) is 5.65 Å². The van der Waals surface area contributed by atoms with Crippen LogP contribution < -0.4 is 19.8 Å². The van der Waals surface area contributed by atoms with Crippen LogP contribution in [0.3, 0.4) is 0 Å². The molecule has 2 aromatic heterocycles. The van der Waals surface area contributed by atoms with Gasteiger partial charge in [-0.2, -0.15) is 4.98 Å². The molecule has 0 fully saturated rings. The minimum absolute atomic E-state index is 0.190. The Morgan fingerprint density at radius 3 is 2.91 bits per heavy atom. The summed E-state index contributed by atoms with van der Waals surface area (Å²) < 4.78 is 17.5. The van der Waals surface area contributed by atoms with Crippen molar-refractivity contribution in [3.63, 3.8) is 0 Å². The molecule has 0 unspecified atom stereocenters. The number of halogens is 1. The topological polar surface area (TPSA) is 62.1 Å². The summed E-state index contributed by atoms with van der Waals surface area (Å²) >= 11 is 5.87. The number of hydrogen-bond acceptors (Lipinski definition) is 5. The van der Waals surface area contributed by atoms with Gasteiger partial charge in [-0.25, -0.2) is 0 Å². The Balaban J connectivity index is 1.72. The quantitative estimate of drug-likeness (QED) is 0.727. The smallest absolute Gasteiger partial charge is 0.261 e. The summed E-state index contributed by atoms with van der Waals surface area (Å²) in [6.07, 6.45) is 1.51. The number of ether oxygens (including phenoxy) is 3. The highest BCUT2D eigenvalue weighted by molar-refractivity contribution is 6.30. The second-order valence-electron chi connectivity index (χ2n) is 4.63. The minimum atomic E-state index is -0.275. The Morgan fingerprint density at radius 1 is 1.14 bits per heavy atom. The van der Waals surface area contributed by atoms with Crippen LogP contribution in [0, 0.1) is 0 Å². The minimum Gasteiger partial charge on any atom is -0.454 e. The molecule has 4 rings (SSSR count). The first-order valence-corrected chi connectivity index (χ1v) is 6.83. The molecule has 1 aliphatic heterocycles. The molecular weight excluding hydrogens is 308 g/mol. The number of nitrogens with zero attached hydrogens (tertiary/aromatic N) is 2. The van der Waals surface area contributed by atoms with E-state index in [1.54, 1.807) is 30.3 Å². The molecule has 7 heteroatoms. The van der Waals surface area contributed by atoms with Crippen molar-refractivity contribution >= 4 is 17.2 Å². The van der Waals surface area contributed by atoms with Crippen molar-refractivity contribution in [2.45, 2.75) is 0 Å². The second-order valence-corrected chi connectivity index (χ2v) is 5.06. The molecule has 3 heterocycles. The standard InChI is InChI=1S/C15H9ClN2O4/c16-9-1-4-13-17-14(6-15(19)18(13)7-9)22-10-2-3-11-12(5-10)21-8-20-11/h1-7H,8H2. The lowest BCUT2D eigenvalue weighted by Crippen LogP contribution is -2.13. The van der Waals surface area contributed by atoms with Crippen molar-refractivity contribution in [2.75, 3.05) is 6.79 Å². The fourth-order valence-electron chi connectivity index (χ4n) is 2.17. The predicted molar refractivity (Wildman–Crippen MR) is 79.1 cm³/mol. The number of pyridine rings is 1. The molecule has 0 saturated heterocycles. The molecule has 0 amide bonds. The second kappa shape index (κ2) is 4.92. The highest BCUT2D eigenvalue weighted by Gasteiger charge is 2.14. The fourth-order valence-corrected chi connectivity index (χ4v) is 2.33. The lowest BCUT2D eigenvalue weighted by atomic mass is 10.3. The third kappa shape index (κ3) is 2.23. The summed E-state index contributed by atoms with van der Waals surface area (Å²) in [6.45, 7) is 0.190. The van der Waals surface area contributed by atoms with Crippen molar-refractivity contribution in [1.29, 1.82) is 0 Å². The molecule has 0 aliphatic carbocycles. The molecule has 3 aromatic rings. The van der Waals surface area contributed by atoms with Gasteiger partial charge in [-0.15, -0.1) is 0 Å². The Bertz CT molecular complexity index is 938. The molecule has 1 aliphatic rings. The molecule has 0 spiro atoms. The van der Waals surface area contributed by atoms with Gasteiger partial charge in [-0.05, 0) is 24.3 Å². The van der Waals surface area contributed by atoms with Gasteiger partial charge < -0.3 is 14.2 Å². The summed E-state index contributed by atoms with van der Waals surface area (Å²) in [6, 6.07) is 9.76. The van der Waals surface area contributed by atoms with E-state index in [-0.39, 0.29) is 18.2 Å². The molecule has 0 N–H and O–H groups in total. The normalized spacial score (nSPS) is 12.6. The largest absolute Gasteiger partial charge is 0.454 e. The number of fused-ring (bicyclic) bond motifs is 2. The van der Waals surface area contributed by atoms with Gasteiger partial charge in [0.05, 0.1) is 11.1 Å².